The Balaban J connectivity index is 1.66. The van der Waals surface area contributed by atoms with Gasteiger partial charge in [-0.3, -0.25) is 9.59 Å². The zero-order chi connectivity index (χ0) is 21.5. The van der Waals surface area contributed by atoms with Crippen molar-refractivity contribution in [1.82, 2.24) is 5.43 Å². The zero-order valence-electron chi connectivity index (χ0n) is 16.5. The molecular formula is C23H21N3O4. The third-order valence-corrected chi connectivity index (χ3v) is 4.36. The Kier molecular flexibility index (Phi) is 6.44. The van der Waals surface area contributed by atoms with Gasteiger partial charge in [0.15, 0.2) is 11.5 Å². The molecule has 152 valence electrons. The van der Waals surface area contributed by atoms with E-state index in [1.165, 1.54) is 19.4 Å². The van der Waals surface area contributed by atoms with Gasteiger partial charge in [-0.25, -0.2) is 5.43 Å². The minimum Gasteiger partial charge on any atom is -0.504 e. The molecule has 0 atom stereocenters. The van der Waals surface area contributed by atoms with Crippen molar-refractivity contribution in [3.8, 4) is 11.5 Å². The highest BCUT2D eigenvalue weighted by molar-refractivity contribution is 6.06. The molecule has 0 saturated carbocycles. The number of methoxy groups -OCH3 is 1. The highest BCUT2D eigenvalue weighted by Gasteiger charge is 2.10. The summed E-state index contributed by atoms with van der Waals surface area (Å²) >= 11 is 0. The monoisotopic (exact) mass is 403 g/mol. The van der Waals surface area contributed by atoms with Crippen LogP contribution in [0.3, 0.4) is 0 Å². The molecule has 0 aromatic heterocycles. The molecule has 0 aliphatic rings. The van der Waals surface area contributed by atoms with E-state index in [1.54, 1.807) is 48.5 Å². The lowest BCUT2D eigenvalue weighted by Gasteiger charge is -2.08. The van der Waals surface area contributed by atoms with Crippen LogP contribution < -0.4 is 15.5 Å². The summed E-state index contributed by atoms with van der Waals surface area (Å²) < 4.78 is 5.03. The maximum absolute atomic E-state index is 12.5. The summed E-state index contributed by atoms with van der Waals surface area (Å²) in [5, 5.41) is 16.3. The van der Waals surface area contributed by atoms with Crippen molar-refractivity contribution in [2.24, 2.45) is 5.10 Å². The number of rotatable bonds is 6. The van der Waals surface area contributed by atoms with Gasteiger partial charge in [0.25, 0.3) is 11.8 Å². The molecule has 0 aliphatic carbocycles. The SMILES string of the molecule is COc1cc(/C=N\NC(=O)c2cccc(NC(=O)c3ccccc3C)c2)ccc1O. The standard InChI is InChI=1S/C23H21N3O4/c1-15-6-3-4-9-19(15)23(29)25-18-8-5-7-17(13-18)22(28)26-24-14-16-10-11-20(27)21(12-16)30-2/h3-14,27H,1-2H3,(H,25,29)(H,26,28)/b24-14-. The number of aryl methyl sites for hydroxylation is 1. The van der Waals surface area contributed by atoms with Crippen LogP contribution in [0.2, 0.25) is 0 Å². The normalized spacial score (nSPS) is 10.6. The van der Waals surface area contributed by atoms with Gasteiger partial charge < -0.3 is 15.2 Å². The molecule has 0 unspecified atom stereocenters. The fourth-order valence-electron chi connectivity index (χ4n) is 2.77. The molecule has 30 heavy (non-hydrogen) atoms. The molecule has 2 amide bonds. The van der Waals surface area contributed by atoms with Gasteiger partial charge in [0.1, 0.15) is 0 Å². The summed E-state index contributed by atoms with van der Waals surface area (Å²) in [4.78, 5) is 24.8. The molecule has 3 rings (SSSR count). The number of amides is 2. The summed E-state index contributed by atoms with van der Waals surface area (Å²) in [5.41, 5.74) is 5.36. The average molecular weight is 403 g/mol. The van der Waals surface area contributed by atoms with Gasteiger partial charge in [-0.1, -0.05) is 24.3 Å². The summed E-state index contributed by atoms with van der Waals surface area (Å²) in [5.74, 6) is -0.348. The molecule has 0 fully saturated rings. The number of carbonyl (C=O) groups excluding carboxylic acids is 2. The van der Waals surface area contributed by atoms with Crippen molar-refractivity contribution in [3.63, 3.8) is 0 Å². The number of nitrogens with zero attached hydrogens (tertiary/aromatic N) is 1. The Labute approximate surface area is 174 Å². The molecule has 3 N–H and O–H groups in total. The number of hydrogen-bond donors (Lipinski definition) is 3. The molecule has 3 aromatic carbocycles. The highest BCUT2D eigenvalue weighted by atomic mass is 16.5. The quantitative estimate of drug-likeness (QED) is 0.431. The van der Waals surface area contributed by atoms with Gasteiger partial charge in [0, 0.05) is 16.8 Å². The molecule has 0 saturated heterocycles. The van der Waals surface area contributed by atoms with Crippen LogP contribution in [0, 0.1) is 6.92 Å². The van der Waals surface area contributed by atoms with Gasteiger partial charge in [0.05, 0.1) is 13.3 Å². The van der Waals surface area contributed by atoms with Crippen molar-refractivity contribution in [2.45, 2.75) is 6.92 Å². The second kappa shape index (κ2) is 9.38. The van der Waals surface area contributed by atoms with Crippen molar-refractivity contribution in [1.29, 1.82) is 0 Å². The minimum atomic E-state index is -0.427. The Hall–Kier alpha value is -4.13. The molecule has 7 heteroatoms. The fraction of sp³-hybridized carbons (Fsp3) is 0.0870. The number of carbonyl (C=O) groups is 2. The summed E-state index contributed by atoms with van der Waals surface area (Å²) in [6, 6.07) is 18.6. The Morgan fingerprint density at radius 1 is 1.00 bits per heavy atom. The van der Waals surface area contributed by atoms with Crippen LogP contribution in [-0.2, 0) is 0 Å². The molecule has 0 bridgehead atoms. The van der Waals surface area contributed by atoms with Crippen LogP contribution in [0.15, 0.2) is 71.8 Å². The van der Waals surface area contributed by atoms with Crippen molar-refractivity contribution in [2.75, 3.05) is 12.4 Å². The number of hydrogen-bond acceptors (Lipinski definition) is 5. The number of hydrazone groups is 1. The van der Waals surface area contributed by atoms with Crippen molar-refractivity contribution >= 4 is 23.7 Å². The van der Waals surface area contributed by atoms with E-state index in [1.807, 2.05) is 19.1 Å². The van der Waals surface area contributed by atoms with Gasteiger partial charge in [0.2, 0.25) is 0 Å². The first kappa shape index (κ1) is 20.6. The van der Waals surface area contributed by atoms with E-state index in [-0.39, 0.29) is 11.7 Å². The Bertz CT molecular complexity index is 1110. The number of anilines is 1. The van der Waals surface area contributed by atoms with E-state index in [2.05, 4.69) is 15.8 Å². The minimum absolute atomic E-state index is 0.0169. The zero-order valence-corrected chi connectivity index (χ0v) is 16.5. The first-order chi connectivity index (χ1) is 14.5. The van der Waals surface area contributed by atoms with Gasteiger partial charge in [-0.2, -0.15) is 5.10 Å². The number of benzene rings is 3. The number of ether oxygens (including phenoxy) is 1. The largest absolute Gasteiger partial charge is 0.504 e. The Morgan fingerprint density at radius 2 is 1.80 bits per heavy atom. The topological polar surface area (TPSA) is 100 Å². The third-order valence-electron chi connectivity index (χ3n) is 4.36. The molecule has 0 aliphatic heterocycles. The van der Waals surface area contributed by atoms with E-state index < -0.39 is 5.91 Å². The summed E-state index contributed by atoms with van der Waals surface area (Å²) in [6.07, 6.45) is 1.43. The molecule has 7 nitrogen and oxygen atoms in total. The number of phenolic OH excluding ortho intramolecular Hbond substituents is 1. The summed E-state index contributed by atoms with van der Waals surface area (Å²) in [7, 11) is 1.45. The van der Waals surface area contributed by atoms with Crippen LogP contribution in [0.5, 0.6) is 11.5 Å². The van der Waals surface area contributed by atoms with E-state index in [0.717, 1.165) is 5.56 Å². The van der Waals surface area contributed by atoms with E-state index in [9.17, 15) is 14.7 Å². The van der Waals surface area contributed by atoms with Gasteiger partial charge in [-0.15, -0.1) is 0 Å². The van der Waals surface area contributed by atoms with Crippen LogP contribution in [0.1, 0.15) is 31.8 Å². The fourth-order valence-corrected chi connectivity index (χ4v) is 2.77. The number of nitrogens with one attached hydrogen (secondary N) is 2. The second-order valence-corrected chi connectivity index (χ2v) is 6.48. The second-order valence-electron chi connectivity index (χ2n) is 6.48. The maximum atomic E-state index is 12.5. The van der Waals surface area contributed by atoms with Crippen molar-refractivity contribution < 1.29 is 19.4 Å². The van der Waals surface area contributed by atoms with Gasteiger partial charge >= 0.3 is 0 Å². The molecule has 0 radical (unpaired) electrons. The number of aromatic hydroxyl groups is 1. The summed E-state index contributed by atoms with van der Waals surface area (Å²) in [6.45, 7) is 1.86. The van der Waals surface area contributed by atoms with E-state index in [4.69, 9.17) is 4.74 Å². The lowest BCUT2D eigenvalue weighted by Crippen LogP contribution is -2.18. The maximum Gasteiger partial charge on any atom is 0.271 e. The predicted molar refractivity (Wildman–Crippen MR) is 115 cm³/mol. The van der Waals surface area contributed by atoms with E-state index in [0.29, 0.717) is 28.1 Å². The predicted octanol–water partition coefficient (Wildman–Crippen LogP) is 3.73. The van der Waals surface area contributed by atoms with Crippen LogP contribution in [0.25, 0.3) is 0 Å². The van der Waals surface area contributed by atoms with Gasteiger partial charge in [-0.05, 0) is 60.5 Å². The average Bonchev–Trinajstić information content (AvgIpc) is 2.75. The Morgan fingerprint density at radius 3 is 2.57 bits per heavy atom. The van der Waals surface area contributed by atoms with Crippen LogP contribution >= 0.6 is 0 Å². The third kappa shape index (κ3) is 5.02. The molecule has 0 spiro atoms. The number of phenols is 1. The smallest absolute Gasteiger partial charge is 0.271 e. The van der Waals surface area contributed by atoms with Crippen LogP contribution in [0.4, 0.5) is 5.69 Å². The first-order valence-electron chi connectivity index (χ1n) is 9.15. The van der Waals surface area contributed by atoms with Crippen molar-refractivity contribution in [3.05, 3.63) is 89.0 Å². The highest BCUT2D eigenvalue weighted by Crippen LogP contribution is 2.25. The molecular weight excluding hydrogens is 382 g/mol. The molecule has 3 aromatic rings. The lowest BCUT2D eigenvalue weighted by atomic mass is 10.1. The van der Waals surface area contributed by atoms with Crippen LogP contribution in [-0.4, -0.2) is 30.2 Å². The van der Waals surface area contributed by atoms with E-state index >= 15 is 0 Å². The first-order valence-corrected chi connectivity index (χ1v) is 9.15. The lowest BCUT2D eigenvalue weighted by molar-refractivity contribution is 0.0953. The molecule has 0 heterocycles.